The fourth-order valence-electron chi connectivity index (χ4n) is 0.602. The fourth-order valence-corrected chi connectivity index (χ4v) is 1.17. The number of carboxylic acid groups (broad SMARTS) is 1. The third-order valence-electron chi connectivity index (χ3n) is 1.09. The third kappa shape index (κ3) is 2.14. The van der Waals surface area contributed by atoms with Crippen LogP contribution in [0.1, 0.15) is 12.1 Å². The van der Waals surface area contributed by atoms with E-state index in [-0.39, 0.29) is 6.42 Å². The van der Waals surface area contributed by atoms with Gasteiger partial charge in [-0.2, -0.15) is 4.37 Å². The van der Waals surface area contributed by atoms with Gasteiger partial charge in [-0.3, -0.25) is 4.79 Å². The van der Waals surface area contributed by atoms with Crippen molar-refractivity contribution in [2.45, 2.75) is 12.8 Å². The standard InChI is InChI=1S/C6H7NO2S/c8-6(9)2-1-5-3-4-10-7-5/h3-4H,1-2H2,(H,8,9). The molecule has 10 heavy (non-hydrogen) atoms. The molecule has 0 fully saturated rings. The normalized spacial score (nSPS) is 9.60. The molecule has 1 aromatic heterocycles. The Labute approximate surface area is 62.5 Å². The van der Waals surface area contributed by atoms with E-state index in [4.69, 9.17) is 5.11 Å². The van der Waals surface area contributed by atoms with E-state index in [0.29, 0.717) is 6.42 Å². The Kier molecular flexibility index (Phi) is 2.39. The summed E-state index contributed by atoms with van der Waals surface area (Å²) in [4.78, 5) is 10.1. The fraction of sp³-hybridized carbons (Fsp3) is 0.333. The summed E-state index contributed by atoms with van der Waals surface area (Å²) in [6, 6.07) is 1.84. The van der Waals surface area contributed by atoms with Crippen LogP contribution < -0.4 is 0 Å². The first kappa shape index (κ1) is 7.21. The van der Waals surface area contributed by atoms with E-state index < -0.39 is 5.97 Å². The zero-order valence-corrected chi connectivity index (χ0v) is 6.10. The minimum Gasteiger partial charge on any atom is -0.481 e. The summed E-state index contributed by atoms with van der Waals surface area (Å²) < 4.78 is 3.97. The van der Waals surface area contributed by atoms with Gasteiger partial charge in [-0.25, -0.2) is 0 Å². The van der Waals surface area contributed by atoms with Crippen molar-refractivity contribution in [2.75, 3.05) is 0 Å². The monoisotopic (exact) mass is 157 g/mol. The van der Waals surface area contributed by atoms with Gasteiger partial charge in [-0.05, 0) is 17.6 Å². The third-order valence-corrected chi connectivity index (χ3v) is 1.68. The average molecular weight is 157 g/mol. The van der Waals surface area contributed by atoms with Crippen LogP contribution in [0.15, 0.2) is 11.4 Å². The molecular weight excluding hydrogens is 150 g/mol. The number of aliphatic carboxylic acids is 1. The van der Waals surface area contributed by atoms with Gasteiger partial charge in [0.15, 0.2) is 0 Å². The molecule has 0 aromatic carbocycles. The molecule has 0 bridgehead atoms. The van der Waals surface area contributed by atoms with E-state index in [1.807, 2.05) is 11.4 Å². The molecule has 0 radical (unpaired) electrons. The van der Waals surface area contributed by atoms with E-state index in [1.54, 1.807) is 0 Å². The molecule has 0 aliphatic heterocycles. The van der Waals surface area contributed by atoms with Crippen LogP contribution >= 0.6 is 11.5 Å². The lowest BCUT2D eigenvalue weighted by Crippen LogP contribution is -1.96. The Morgan fingerprint density at radius 1 is 1.80 bits per heavy atom. The van der Waals surface area contributed by atoms with Crippen LogP contribution in [0.3, 0.4) is 0 Å². The van der Waals surface area contributed by atoms with Crippen molar-refractivity contribution in [1.82, 2.24) is 4.37 Å². The molecule has 0 aliphatic rings. The number of rotatable bonds is 3. The molecule has 0 aliphatic carbocycles. The highest BCUT2D eigenvalue weighted by Gasteiger charge is 1.99. The summed E-state index contributed by atoms with van der Waals surface area (Å²) in [6.07, 6.45) is 0.711. The molecule has 0 saturated carbocycles. The molecule has 0 spiro atoms. The Balaban J connectivity index is 2.35. The van der Waals surface area contributed by atoms with Crippen LogP contribution in [-0.2, 0) is 11.2 Å². The first-order chi connectivity index (χ1) is 4.79. The van der Waals surface area contributed by atoms with Crippen molar-refractivity contribution in [2.24, 2.45) is 0 Å². The molecule has 0 atom stereocenters. The Hall–Kier alpha value is -0.900. The zero-order valence-electron chi connectivity index (χ0n) is 5.28. The molecule has 1 heterocycles. The van der Waals surface area contributed by atoms with Crippen LogP contribution in [-0.4, -0.2) is 15.4 Å². The maximum atomic E-state index is 10.1. The molecule has 0 unspecified atom stereocenters. The average Bonchev–Trinajstić information content (AvgIpc) is 2.34. The second-order valence-corrected chi connectivity index (χ2v) is 2.55. The van der Waals surface area contributed by atoms with Crippen molar-refractivity contribution in [3.8, 4) is 0 Å². The Morgan fingerprint density at radius 3 is 3.10 bits per heavy atom. The Morgan fingerprint density at radius 2 is 2.60 bits per heavy atom. The molecule has 1 rings (SSSR count). The van der Waals surface area contributed by atoms with Crippen molar-refractivity contribution in [3.05, 3.63) is 17.1 Å². The summed E-state index contributed by atoms with van der Waals surface area (Å²) in [5.74, 6) is -0.770. The highest BCUT2D eigenvalue weighted by molar-refractivity contribution is 7.03. The van der Waals surface area contributed by atoms with Gasteiger partial charge in [-0.15, -0.1) is 0 Å². The van der Waals surface area contributed by atoms with Crippen LogP contribution in [0.5, 0.6) is 0 Å². The van der Waals surface area contributed by atoms with E-state index in [9.17, 15) is 4.79 Å². The van der Waals surface area contributed by atoms with Crippen LogP contribution in [0.2, 0.25) is 0 Å². The highest BCUT2D eigenvalue weighted by Crippen LogP contribution is 2.02. The second kappa shape index (κ2) is 3.31. The van der Waals surface area contributed by atoms with Crippen LogP contribution in [0.25, 0.3) is 0 Å². The number of hydrogen-bond acceptors (Lipinski definition) is 3. The minimum atomic E-state index is -0.770. The molecular formula is C6H7NO2S. The number of carbonyl (C=O) groups is 1. The summed E-state index contributed by atoms with van der Waals surface area (Å²) in [5, 5.41) is 10.1. The van der Waals surface area contributed by atoms with Crippen LogP contribution in [0, 0.1) is 0 Å². The van der Waals surface area contributed by atoms with E-state index in [0.717, 1.165) is 5.69 Å². The first-order valence-corrected chi connectivity index (χ1v) is 3.74. The largest absolute Gasteiger partial charge is 0.481 e. The SMILES string of the molecule is O=C(O)CCc1ccsn1. The van der Waals surface area contributed by atoms with Crippen molar-refractivity contribution in [1.29, 1.82) is 0 Å². The molecule has 1 N–H and O–H groups in total. The van der Waals surface area contributed by atoms with Gasteiger partial charge >= 0.3 is 5.97 Å². The lowest BCUT2D eigenvalue weighted by atomic mass is 10.2. The van der Waals surface area contributed by atoms with Gasteiger partial charge in [-0.1, -0.05) is 0 Å². The first-order valence-electron chi connectivity index (χ1n) is 2.90. The lowest BCUT2D eigenvalue weighted by Gasteiger charge is -1.88. The number of aromatic nitrogens is 1. The molecule has 3 nitrogen and oxygen atoms in total. The van der Waals surface area contributed by atoms with Gasteiger partial charge < -0.3 is 5.11 Å². The maximum Gasteiger partial charge on any atom is 0.303 e. The summed E-state index contributed by atoms with van der Waals surface area (Å²) in [7, 11) is 0. The second-order valence-electron chi connectivity index (χ2n) is 1.88. The number of aryl methyl sites for hydroxylation is 1. The van der Waals surface area contributed by atoms with Gasteiger partial charge in [0.1, 0.15) is 0 Å². The summed E-state index contributed by atoms with van der Waals surface area (Å²) >= 11 is 1.35. The molecule has 54 valence electrons. The van der Waals surface area contributed by atoms with E-state index >= 15 is 0 Å². The number of hydrogen-bond donors (Lipinski definition) is 1. The van der Waals surface area contributed by atoms with E-state index in [2.05, 4.69) is 4.37 Å². The quantitative estimate of drug-likeness (QED) is 0.716. The van der Waals surface area contributed by atoms with Gasteiger partial charge in [0.2, 0.25) is 0 Å². The molecule has 4 heteroatoms. The molecule has 0 amide bonds. The smallest absolute Gasteiger partial charge is 0.303 e. The predicted octanol–water partition coefficient (Wildman–Crippen LogP) is 1.16. The number of carboxylic acids is 1. The highest BCUT2D eigenvalue weighted by atomic mass is 32.1. The molecule has 1 aromatic rings. The minimum absolute atomic E-state index is 0.170. The summed E-state index contributed by atoms with van der Waals surface area (Å²) in [5.41, 5.74) is 0.868. The van der Waals surface area contributed by atoms with Gasteiger partial charge in [0.25, 0.3) is 0 Å². The number of nitrogens with zero attached hydrogens (tertiary/aromatic N) is 1. The van der Waals surface area contributed by atoms with Crippen molar-refractivity contribution >= 4 is 17.5 Å². The van der Waals surface area contributed by atoms with Crippen LogP contribution in [0.4, 0.5) is 0 Å². The van der Waals surface area contributed by atoms with Gasteiger partial charge in [0, 0.05) is 11.8 Å². The lowest BCUT2D eigenvalue weighted by molar-refractivity contribution is -0.136. The topological polar surface area (TPSA) is 50.2 Å². The maximum absolute atomic E-state index is 10.1. The van der Waals surface area contributed by atoms with Gasteiger partial charge in [0.05, 0.1) is 12.1 Å². The molecule has 0 saturated heterocycles. The Bertz CT molecular complexity index is 208. The summed E-state index contributed by atoms with van der Waals surface area (Å²) in [6.45, 7) is 0. The van der Waals surface area contributed by atoms with Crippen molar-refractivity contribution in [3.63, 3.8) is 0 Å². The van der Waals surface area contributed by atoms with E-state index in [1.165, 1.54) is 11.5 Å². The predicted molar refractivity (Wildman–Crippen MR) is 38.1 cm³/mol. The zero-order chi connectivity index (χ0) is 7.40. The van der Waals surface area contributed by atoms with Crippen molar-refractivity contribution < 1.29 is 9.90 Å².